The van der Waals surface area contributed by atoms with Gasteiger partial charge in [-0.05, 0) is 30.2 Å². The van der Waals surface area contributed by atoms with Gasteiger partial charge in [0, 0.05) is 37.8 Å². The molecule has 0 aromatic heterocycles. The largest absolute Gasteiger partial charge is 0.388 e. The van der Waals surface area contributed by atoms with E-state index in [2.05, 4.69) is 16.0 Å². The standard InChI is InChI=1S/C15H23N3O2/c1-11(2)10-18-14(19)8-9-17-15(20)12-4-6-13(16-3)7-5-12/h4-7,11,16H,8-10H2,1-3H3,(H,17,20)(H,18,19). The summed E-state index contributed by atoms with van der Waals surface area (Å²) in [5, 5.41) is 8.54. The van der Waals surface area contributed by atoms with E-state index in [4.69, 9.17) is 0 Å². The van der Waals surface area contributed by atoms with E-state index >= 15 is 0 Å². The Labute approximate surface area is 120 Å². The molecule has 1 rings (SSSR count). The lowest BCUT2D eigenvalue weighted by Crippen LogP contribution is -2.32. The van der Waals surface area contributed by atoms with Crippen molar-refractivity contribution in [1.82, 2.24) is 10.6 Å². The summed E-state index contributed by atoms with van der Waals surface area (Å²) in [5.41, 5.74) is 1.54. The van der Waals surface area contributed by atoms with Crippen LogP contribution in [0.2, 0.25) is 0 Å². The van der Waals surface area contributed by atoms with Crippen LogP contribution in [-0.4, -0.2) is 32.0 Å². The Kier molecular flexibility index (Phi) is 6.56. The fourth-order valence-electron chi connectivity index (χ4n) is 1.59. The summed E-state index contributed by atoms with van der Waals surface area (Å²) in [7, 11) is 1.82. The van der Waals surface area contributed by atoms with E-state index in [-0.39, 0.29) is 11.8 Å². The van der Waals surface area contributed by atoms with Crippen molar-refractivity contribution in [2.24, 2.45) is 5.92 Å². The van der Waals surface area contributed by atoms with Crippen LogP contribution in [0.15, 0.2) is 24.3 Å². The molecule has 0 aliphatic carbocycles. The Hall–Kier alpha value is -2.04. The molecule has 5 nitrogen and oxygen atoms in total. The molecule has 0 saturated heterocycles. The smallest absolute Gasteiger partial charge is 0.251 e. The van der Waals surface area contributed by atoms with Gasteiger partial charge in [0.15, 0.2) is 0 Å². The van der Waals surface area contributed by atoms with E-state index in [1.54, 1.807) is 12.1 Å². The van der Waals surface area contributed by atoms with Gasteiger partial charge in [0.25, 0.3) is 5.91 Å². The molecule has 2 amide bonds. The molecule has 0 aliphatic rings. The van der Waals surface area contributed by atoms with Crippen LogP contribution in [0.3, 0.4) is 0 Å². The summed E-state index contributed by atoms with van der Waals surface area (Å²) >= 11 is 0. The highest BCUT2D eigenvalue weighted by Gasteiger charge is 2.06. The molecule has 0 unspecified atom stereocenters. The summed E-state index contributed by atoms with van der Waals surface area (Å²) in [6, 6.07) is 7.18. The van der Waals surface area contributed by atoms with Crippen molar-refractivity contribution >= 4 is 17.5 Å². The van der Waals surface area contributed by atoms with E-state index < -0.39 is 0 Å². The van der Waals surface area contributed by atoms with E-state index in [0.29, 0.717) is 31.0 Å². The fourth-order valence-corrected chi connectivity index (χ4v) is 1.59. The Balaban J connectivity index is 2.30. The third-order valence-corrected chi connectivity index (χ3v) is 2.78. The average Bonchev–Trinajstić information content (AvgIpc) is 2.45. The first-order valence-corrected chi connectivity index (χ1v) is 6.85. The Bertz CT molecular complexity index is 441. The number of hydrogen-bond donors (Lipinski definition) is 3. The number of benzene rings is 1. The van der Waals surface area contributed by atoms with Gasteiger partial charge in [-0.3, -0.25) is 9.59 Å². The fraction of sp³-hybridized carbons (Fsp3) is 0.467. The van der Waals surface area contributed by atoms with Gasteiger partial charge in [-0.15, -0.1) is 0 Å². The Morgan fingerprint density at radius 2 is 1.75 bits per heavy atom. The lowest BCUT2D eigenvalue weighted by Gasteiger charge is -2.08. The SMILES string of the molecule is CNc1ccc(C(=O)NCCC(=O)NCC(C)C)cc1. The Morgan fingerprint density at radius 3 is 2.30 bits per heavy atom. The molecule has 0 radical (unpaired) electrons. The van der Waals surface area contributed by atoms with Crippen LogP contribution in [0, 0.1) is 5.92 Å². The molecule has 1 aromatic carbocycles. The molecule has 0 heterocycles. The zero-order chi connectivity index (χ0) is 15.0. The normalized spacial score (nSPS) is 10.2. The molecule has 0 fully saturated rings. The molecule has 0 aliphatic heterocycles. The van der Waals surface area contributed by atoms with Gasteiger partial charge in [-0.1, -0.05) is 13.8 Å². The molecule has 1 aromatic rings. The van der Waals surface area contributed by atoms with Gasteiger partial charge in [-0.2, -0.15) is 0 Å². The minimum Gasteiger partial charge on any atom is -0.388 e. The number of carbonyl (C=O) groups is 2. The number of carbonyl (C=O) groups excluding carboxylic acids is 2. The van der Waals surface area contributed by atoms with Crippen LogP contribution in [0.1, 0.15) is 30.6 Å². The van der Waals surface area contributed by atoms with E-state index in [1.807, 2.05) is 33.0 Å². The van der Waals surface area contributed by atoms with Gasteiger partial charge < -0.3 is 16.0 Å². The van der Waals surface area contributed by atoms with Gasteiger partial charge in [0.05, 0.1) is 0 Å². The first-order valence-electron chi connectivity index (χ1n) is 6.85. The zero-order valence-corrected chi connectivity index (χ0v) is 12.3. The molecular formula is C15H23N3O2. The molecule has 110 valence electrons. The third-order valence-electron chi connectivity index (χ3n) is 2.78. The summed E-state index contributed by atoms with van der Waals surface area (Å²) < 4.78 is 0. The summed E-state index contributed by atoms with van der Waals surface area (Å²) in [5.74, 6) is 0.230. The van der Waals surface area contributed by atoms with Gasteiger partial charge >= 0.3 is 0 Å². The maximum Gasteiger partial charge on any atom is 0.251 e. The number of amides is 2. The predicted molar refractivity (Wildman–Crippen MR) is 80.8 cm³/mol. The van der Waals surface area contributed by atoms with Crippen molar-refractivity contribution in [1.29, 1.82) is 0 Å². The average molecular weight is 277 g/mol. The van der Waals surface area contributed by atoms with Crippen LogP contribution in [0.4, 0.5) is 5.69 Å². The van der Waals surface area contributed by atoms with Crippen LogP contribution < -0.4 is 16.0 Å². The minimum atomic E-state index is -0.163. The Morgan fingerprint density at radius 1 is 1.10 bits per heavy atom. The van der Waals surface area contributed by atoms with Crippen molar-refractivity contribution in [2.75, 3.05) is 25.5 Å². The molecule has 0 spiro atoms. The van der Waals surface area contributed by atoms with Crippen molar-refractivity contribution < 1.29 is 9.59 Å². The van der Waals surface area contributed by atoms with Crippen LogP contribution >= 0.6 is 0 Å². The second-order valence-electron chi connectivity index (χ2n) is 5.03. The third kappa shape index (κ3) is 5.73. The maximum absolute atomic E-state index is 11.8. The number of rotatable bonds is 7. The molecule has 0 bridgehead atoms. The quantitative estimate of drug-likeness (QED) is 0.709. The van der Waals surface area contributed by atoms with Crippen molar-refractivity contribution in [3.8, 4) is 0 Å². The second-order valence-corrected chi connectivity index (χ2v) is 5.03. The van der Waals surface area contributed by atoms with Crippen LogP contribution in [-0.2, 0) is 4.79 Å². The highest BCUT2D eigenvalue weighted by molar-refractivity contribution is 5.94. The van der Waals surface area contributed by atoms with Crippen molar-refractivity contribution in [3.05, 3.63) is 29.8 Å². The molecule has 5 heteroatoms. The number of anilines is 1. The molecule has 20 heavy (non-hydrogen) atoms. The lowest BCUT2D eigenvalue weighted by molar-refractivity contribution is -0.121. The second kappa shape index (κ2) is 8.19. The van der Waals surface area contributed by atoms with E-state index in [1.165, 1.54) is 0 Å². The molecule has 0 saturated carbocycles. The zero-order valence-electron chi connectivity index (χ0n) is 12.3. The summed E-state index contributed by atoms with van der Waals surface area (Å²) in [6.07, 6.45) is 0.299. The number of hydrogen-bond acceptors (Lipinski definition) is 3. The summed E-state index contributed by atoms with van der Waals surface area (Å²) in [6.45, 7) is 5.09. The summed E-state index contributed by atoms with van der Waals surface area (Å²) in [4.78, 5) is 23.3. The highest BCUT2D eigenvalue weighted by atomic mass is 16.2. The number of nitrogens with one attached hydrogen (secondary N) is 3. The highest BCUT2D eigenvalue weighted by Crippen LogP contribution is 2.08. The van der Waals surface area contributed by atoms with E-state index in [0.717, 1.165) is 5.69 Å². The van der Waals surface area contributed by atoms with Gasteiger partial charge in [0.1, 0.15) is 0 Å². The van der Waals surface area contributed by atoms with Crippen LogP contribution in [0.5, 0.6) is 0 Å². The monoisotopic (exact) mass is 277 g/mol. The van der Waals surface area contributed by atoms with Gasteiger partial charge in [-0.25, -0.2) is 0 Å². The minimum absolute atomic E-state index is 0.0375. The lowest BCUT2D eigenvalue weighted by atomic mass is 10.2. The van der Waals surface area contributed by atoms with E-state index in [9.17, 15) is 9.59 Å². The van der Waals surface area contributed by atoms with Crippen LogP contribution in [0.25, 0.3) is 0 Å². The topological polar surface area (TPSA) is 70.2 Å². The molecular weight excluding hydrogens is 254 g/mol. The predicted octanol–water partition coefficient (Wildman–Crippen LogP) is 1.62. The van der Waals surface area contributed by atoms with Crippen molar-refractivity contribution in [3.63, 3.8) is 0 Å². The molecule has 3 N–H and O–H groups in total. The van der Waals surface area contributed by atoms with Gasteiger partial charge in [0.2, 0.25) is 5.91 Å². The molecule has 0 atom stereocenters. The maximum atomic E-state index is 11.8. The first-order chi connectivity index (χ1) is 9.52. The van der Waals surface area contributed by atoms with Crippen molar-refractivity contribution in [2.45, 2.75) is 20.3 Å². The first kappa shape index (κ1) is 16.0.